The van der Waals surface area contributed by atoms with Crippen LogP contribution < -0.4 is 20.3 Å². The van der Waals surface area contributed by atoms with E-state index in [1.807, 2.05) is 39.0 Å². The Hall–Kier alpha value is -1.91. The van der Waals surface area contributed by atoms with Gasteiger partial charge in [0.15, 0.2) is 0 Å². The van der Waals surface area contributed by atoms with E-state index in [-0.39, 0.29) is 11.6 Å². The standard InChI is InChI=1S/C14H21N3O2/c1-14(2,3)16-13(18)17-8-7-15-11-9-10(19-4)5-6-12(11)17/h5-6,9,15H,7-8H2,1-4H3,(H,16,18). The molecule has 0 fully saturated rings. The molecule has 0 saturated carbocycles. The lowest BCUT2D eigenvalue weighted by molar-refractivity contribution is 0.237. The van der Waals surface area contributed by atoms with Gasteiger partial charge in [-0.3, -0.25) is 4.90 Å². The number of urea groups is 1. The van der Waals surface area contributed by atoms with E-state index in [2.05, 4.69) is 10.6 Å². The molecular formula is C14H21N3O2. The Morgan fingerprint density at radius 3 is 2.79 bits per heavy atom. The molecule has 104 valence electrons. The number of fused-ring (bicyclic) bond motifs is 1. The zero-order valence-electron chi connectivity index (χ0n) is 11.9. The summed E-state index contributed by atoms with van der Waals surface area (Å²) < 4.78 is 5.20. The third kappa shape index (κ3) is 3.10. The van der Waals surface area contributed by atoms with Gasteiger partial charge in [0.1, 0.15) is 5.75 Å². The molecule has 0 unspecified atom stereocenters. The monoisotopic (exact) mass is 263 g/mol. The molecule has 0 radical (unpaired) electrons. The predicted octanol–water partition coefficient (Wildman–Crippen LogP) is 2.44. The number of nitrogens with zero attached hydrogens (tertiary/aromatic N) is 1. The Balaban J connectivity index is 2.25. The van der Waals surface area contributed by atoms with Crippen LogP contribution in [0.25, 0.3) is 0 Å². The van der Waals surface area contributed by atoms with E-state index in [9.17, 15) is 4.79 Å². The van der Waals surface area contributed by atoms with Gasteiger partial charge >= 0.3 is 6.03 Å². The zero-order valence-corrected chi connectivity index (χ0v) is 11.9. The van der Waals surface area contributed by atoms with E-state index >= 15 is 0 Å². The molecule has 2 N–H and O–H groups in total. The first-order valence-corrected chi connectivity index (χ1v) is 6.42. The number of hydrogen-bond donors (Lipinski definition) is 2. The van der Waals surface area contributed by atoms with Crippen LogP contribution in [-0.2, 0) is 0 Å². The topological polar surface area (TPSA) is 53.6 Å². The Bertz CT molecular complexity index is 480. The average molecular weight is 263 g/mol. The summed E-state index contributed by atoms with van der Waals surface area (Å²) in [5.41, 5.74) is 1.57. The summed E-state index contributed by atoms with van der Waals surface area (Å²) in [4.78, 5) is 14.0. The van der Waals surface area contributed by atoms with Gasteiger partial charge in [-0.1, -0.05) is 0 Å². The van der Waals surface area contributed by atoms with Gasteiger partial charge in [-0.25, -0.2) is 4.79 Å². The van der Waals surface area contributed by atoms with E-state index in [1.54, 1.807) is 12.0 Å². The number of nitrogens with one attached hydrogen (secondary N) is 2. The Morgan fingerprint density at radius 2 is 2.16 bits per heavy atom. The number of amides is 2. The summed E-state index contributed by atoms with van der Waals surface area (Å²) in [5.74, 6) is 0.782. The molecule has 0 saturated heterocycles. The quantitative estimate of drug-likeness (QED) is 0.818. The molecule has 1 heterocycles. The second-order valence-corrected chi connectivity index (χ2v) is 5.64. The summed E-state index contributed by atoms with van der Waals surface area (Å²) in [6.45, 7) is 7.31. The van der Waals surface area contributed by atoms with Gasteiger partial charge < -0.3 is 15.4 Å². The molecule has 0 spiro atoms. The molecular weight excluding hydrogens is 242 g/mol. The van der Waals surface area contributed by atoms with Crippen molar-refractivity contribution in [3.05, 3.63) is 18.2 Å². The molecule has 1 aromatic carbocycles. The van der Waals surface area contributed by atoms with Crippen LogP contribution in [0.1, 0.15) is 20.8 Å². The van der Waals surface area contributed by atoms with Crippen LogP contribution >= 0.6 is 0 Å². The third-order valence-corrected chi connectivity index (χ3v) is 2.87. The van der Waals surface area contributed by atoms with Crippen LogP contribution in [-0.4, -0.2) is 31.8 Å². The van der Waals surface area contributed by atoms with Gasteiger partial charge in [0.25, 0.3) is 0 Å². The van der Waals surface area contributed by atoms with Gasteiger partial charge in [0.05, 0.1) is 18.5 Å². The minimum atomic E-state index is -0.241. The van der Waals surface area contributed by atoms with Crippen molar-refractivity contribution in [3.8, 4) is 5.75 Å². The molecule has 0 aromatic heterocycles. The molecule has 5 heteroatoms. The highest BCUT2D eigenvalue weighted by Gasteiger charge is 2.25. The highest BCUT2D eigenvalue weighted by atomic mass is 16.5. The summed E-state index contributed by atoms with van der Waals surface area (Å²) in [7, 11) is 1.63. The van der Waals surface area contributed by atoms with Crippen LogP contribution in [0.15, 0.2) is 18.2 Å². The molecule has 1 aromatic rings. The van der Waals surface area contributed by atoms with Gasteiger partial charge in [-0.2, -0.15) is 0 Å². The lowest BCUT2D eigenvalue weighted by Gasteiger charge is -2.33. The lowest BCUT2D eigenvalue weighted by Crippen LogP contribution is -2.51. The van der Waals surface area contributed by atoms with Crippen LogP contribution in [0, 0.1) is 0 Å². The number of hydrogen-bond acceptors (Lipinski definition) is 3. The average Bonchev–Trinajstić information content (AvgIpc) is 2.35. The maximum absolute atomic E-state index is 12.3. The van der Waals surface area contributed by atoms with Crippen molar-refractivity contribution in [2.75, 3.05) is 30.4 Å². The zero-order chi connectivity index (χ0) is 14.0. The Morgan fingerprint density at radius 1 is 1.42 bits per heavy atom. The number of carbonyl (C=O) groups excluding carboxylic acids is 1. The van der Waals surface area contributed by atoms with Crippen LogP contribution in [0.5, 0.6) is 5.75 Å². The van der Waals surface area contributed by atoms with Crippen molar-refractivity contribution in [3.63, 3.8) is 0 Å². The van der Waals surface area contributed by atoms with Crippen molar-refractivity contribution in [1.29, 1.82) is 0 Å². The highest BCUT2D eigenvalue weighted by Crippen LogP contribution is 2.32. The largest absolute Gasteiger partial charge is 0.497 e. The van der Waals surface area contributed by atoms with E-state index in [4.69, 9.17) is 4.74 Å². The molecule has 19 heavy (non-hydrogen) atoms. The van der Waals surface area contributed by atoms with Gasteiger partial charge in [0.2, 0.25) is 0 Å². The SMILES string of the molecule is COc1ccc2c(c1)NCCN2C(=O)NC(C)(C)C. The Kier molecular flexibility index (Phi) is 3.55. The van der Waals surface area contributed by atoms with E-state index < -0.39 is 0 Å². The van der Waals surface area contributed by atoms with E-state index in [0.717, 1.165) is 23.7 Å². The normalized spacial score (nSPS) is 14.4. The second-order valence-electron chi connectivity index (χ2n) is 5.64. The number of methoxy groups -OCH3 is 1. The van der Waals surface area contributed by atoms with Gasteiger partial charge in [0, 0.05) is 24.7 Å². The minimum Gasteiger partial charge on any atom is -0.497 e. The molecule has 1 aliphatic heterocycles. The molecule has 0 bridgehead atoms. The van der Waals surface area contributed by atoms with E-state index in [0.29, 0.717) is 6.54 Å². The maximum atomic E-state index is 12.3. The van der Waals surface area contributed by atoms with Crippen molar-refractivity contribution >= 4 is 17.4 Å². The maximum Gasteiger partial charge on any atom is 0.322 e. The highest BCUT2D eigenvalue weighted by molar-refractivity contribution is 5.97. The van der Waals surface area contributed by atoms with Crippen molar-refractivity contribution in [2.24, 2.45) is 0 Å². The van der Waals surface area contributed by atoms with Crippen LogP contribution in [0.4, 0.5) is 16.2 Å². The van der Waals surface area contributed by atoms with E-state index in [1.165, 1.54) is 0 Å². The fraction of sp³-hybridized carbons (Fsp3) is 0.500. The summed E-state index contributed by atoms with van der Waals surface area (Å²) in [6, 6.07) is 5.61. The van der Waals surface area contributed by atoms with Crippen molar-refractivity contribution < 1.29 is 9.53 Å². The predicted molar refractivity (Wildman–Crippen MR) is 77.1 cm³/mol. The number of anilines is 2. The van der Waals surface area contributed by atoms with Gasteiger partial charge in [-0.05, 0) is 32.9 Å². The number of ether oxygens (including phenoxy) is 1. The van der Waals surface area contributed by atoms with Gasteiger partial charge in [-0.15, -0.1) is 0 Å². The fourth-order valence-corrected chi connectivity index (χ4v) is 2.04. The summed E-state index contributed by atoms with van der Waals surface area (Å²) in [5, 5.41) is 6.27. The third-order valence-electron chi connectivity index (χ3n) is 2.87. The van der Waals surface area contributed by atoms with Crippen LogP contribution in [0.2, 0.25) is 0 Å². The summed E-state index contributed by atoms with van der Waals surface area (Å²) >= 11 is 0. The molecule has 0 atom stereocenters. The summed E-state index contributed by atoms with van der Waals surface area (Å²) in [6.07, 6.45) is 0. The molecule has 1 aliphatic rings. The number of benzene rings is 1. The Labute approximate surface area is 113 Å². The second kappa shape index (κ2) is 4.99. The molecule has 2 rings (SSSR count). The lowest BCUT2D eigenvalue weighted by atomic mass is 10.1. The van der Waals surface area contributed by atoms with Crippen molar-refractivity contribution in [2.45, 2.75) is 26.3 Å². The first kappa shape index (κ1) is 13.5. The van der Waals surface area contributed by atoms with Crippen LogP contribution in [0.3, 0.4) is 0 Å². The minimum absolute atomic E-state index is 0.0691. The number of carbonyl (C=O) groups is 1. The molecule has 2 amide bonds. The first-order chi connectivity index (χ1) is 8.90. The molecule has 5 nitrogen and oxygen atoms in total. The number of rotatable bonds is 1. The fourth-order valence-electron chi connectivity index (χ4n) is 2.04. The first-order valence-electron chi connectivity index (χ1n) is 6.42. The van der Waals surface area contributed by atoms with Crippen molar-refractivity contribution in [1.82, 2.24) is 5.32 Å². The molecule has 0 aliphatic carbocycles. The smallest absolute Gasteiger partial charge is 0.322 e.